The number of hydrogen-bond donors (Lipinski definition) is 1. The fourth-order valence-electron chi connectivity index (χ4n) is 1.72. The smallest absolute Gasteiger partial charge is 0.373 e. The van der Waals surface area contributed by atoms with E-state index in [2.05, 4.69) is 11.7 Å². The fourth-order valence-corrected chi connectivity index (χ4v) is 1.72. The van der Waals surface area contributed by atoms with Gasteiger partial charge in [-0.15, -0.1) is 0 Å². The molecule has 0 saturated heterocycles. The summed E-state index contributed by atoms with van der Waals surface area (Å²) in [5.41, 5.74) is 0. The normalized spacial score (nSPS) is 26.1. The molecule has 15 heavy (non-hydrogen) atoms. The molecule has 4 nitrogen and oxygen atoms in total. The highest BCUT2D eigenvalue weighted by Crippen LogP contribution is 2.47. The van der Waals surface area contributed by atoms with Crippen molar-refractivity contribution in [3.8, 4) is 0 Å². The Morgan fingerprint density at radius 3 is 2.87 bits per heavy atom. The van der Waals surface area contributed by atoms with Gasteiger partial charge in [-0.2, -0.15) is 0 Å². The summed E-state index contributed by atoms with van der Waals surface area (Å²) < 4.78 is 9.74. The number of rotatable bonds is 3. The number of aliphatic hydroxyl groups is 1. The summed E-state index contributed by atoms with van der Waals surface area (Å²) >= 11 is 0. The molecule has 2 rings (SSSR count). The monoisotopic (exact) mass is 210 g/mol. The van der Waals surface area contributed by atoms with Crippen LogP contribution in [0.4, 0.5) is 0 Å². The van der Waals surface area contributed by atoms with E-state index in [1.807, 2.05) is 0 Å². The SMILES string of the molecule is COC(=O)c1ccc(C(O)C2CC2C)o1. The molecule has 1 N–H and O–H groups in total. The molecular formula is C11H14O4. The predicted molar refractivity (Wildman–Crippen MR) is 52.3 cm³/mol. The summed E-state index contributed by atoms with van der Waals surface area (Å²) in [7, 11) is 1.30. The van der Waals surface area contributed by atoms with Gasteiger partial charge in [-0.05, 0) is 30.4 Å². The lowest BCUT2D eigenvalue weighted by Gasteiger charge is -2.05. The number of furan rings is 1. The van der Waals surface area contributed by atoms with Crippen LogP contribution in [0.15, 0.2) is 16.5 Å². The lowest BCUT2D eigenvalue weighted by Crippen LogP contribution is -2.01. The van der Waals surface area contributed by atoms with Crippen molar-refractivity contribution in [1.29, 1.82) is 0 Å². The second kappa shape index (κ2) is 3.70. The minimum Gasteiger partial charge on any atom is -0.463 e. The molecule has 82 valence electrons. The number of esters is 1. The molecule has 1 fully saturated rings. The molecule has 1 heterocycles. The lowest BCUT2D eigenvalue weighted by molar-refractivity contribution is 0.0550. The van der Waals surface area contributed by atoms with Gasteiger partial charge in [0, 0.05) is 0 Å². The van der Waals surface area contributed by atoms with E-state index in [0.29, 0.717) is 11.7 Å². The van der Waals surface area contributed by atoms with Gasteiger partial charge in [0.1, 0.15) is 11.9 Å². The van der Waals surface area contributed by atoms with Gasteiger partial charge in [0.2, 0.25) is 5.76 Å². The van der Waals surface area contributed by atoms with Crippen LogP contribution in [-0.2, 0) is 4.74 Å². The first kappa shape index (κ1) is 10.2. The second-order valence-electron chi connectivity index (χ2n) is 4.02. The standard InChI is InChI=1S/C11H14O4/c1-6-5-7(6)10(12)8-3-4-9(15-8)11(13)14-2/h3-4,6-7,10,12H,5H2,1-2H3. The molecule has 1 saturated carbocycles. The minimum absolute atomic E-state index is 0.139. The Bertz CT molecular complexity index is 368. The number of methoxy groups -OCH3 is 1. The molecule has 0 bridgehead atoms. The van der Waals surface area contributed by atoms with E-state index in [0.717, 1.165) is 6.42 Å². The Kier molecular flexibility index (Phi) is 2.52. The third-order valence-corrected chi connectivity index (χ3v) is 2.88. The van der Waals surface area contributed by atoms with Crippen molar-refractivity contribution < 1.29 is 19.1 Å². The Labute approximate surface area is 87.8 Å². The fraction of sp³-hybridized carbons (Fsp3) is 0.545. The van der Waals surface area contributed by atoms with E-state index in [-0.39, 0.29) is 11.7 Å². The van der Waals surface area contributed by atoms with Crippen molar-refractivity contribution in [3.05, 3.63) is 23.7 Å². The van der Waals surface area contributed by atoms with Gasteiger partial charge in [0.15, 0.2) is 0 Å². The van der Waals surface area contributed by atoms with Crippen molar-refractivity contribution in [1.82, 2.24) is 0 Å². The third kappa shape index (κ3) is 1.90. The van der Waals surface area contributed by atoms with Crippen molar-refractivity contribution in [2.75, 3.05) is 7.11 Å². The highest BCUT2D eigenvalue weighted by atomic mass is 16.5. The molecule has 1 aromatic heterocycles. The molecule has 4 heteroatoms. The van der Waals surface area contributed by atoms with Crippen LogP contribution in [0.5, 0.6) is 0 Å². The van der Waals surface area contributed by atoms with Gasteiger partial charge >= 0.3 is 5.97 Å². The van der Waals surface area contributed by atoms with Crippen LogP contribution >= 0.6 is 0 Å². The molecule has 3 atom stereocenters. The zero-order valence-corrected chi connectivity index (χ0v) is 8.77. The average molecular weight is 210 g/mol. The maximum absolute atomic E-state index is 11.1. The molecule has 0 amide bonds. The molecular weight excluding hydrogens is 196 g/mol. The first-order valence-electron chi connectivity index (χ1n) is 4.99. The maximum atomic E-state index is 11.1. The molecule has 0 aliphatic heterocycles. The lowest BCUT2D eigenvalue weighted by atomic mass is 10.1. The predicted octanol–water partition coefficient (Wildman–Crippen LogP) is 1.76. The first-order valence-corrected chi connectivity index (χ1v) is 4.99. The summed E-state index contributed by atoms with van der Waals surface area (Å²) in [6, 6.07) is 3.15. The van der Waals surface area contributed by atoms with E-state index in [9.17, 15) is 9.90 Å². The highest BCUT2D eigenvalue weighted by Gasteiger charge is 2.40. The quantitative estimate of drug-likeness (QED) is 0.772. The summed E-state index contributed by atoms with van der Waals surface area (Å²) in [6.45, 7) is 2.08. The van der Waals surface area contributed by atoms with E-state index < -0.39 is 12.1 Å². The topological polar surface area (TPSA) is 59.7 Å². The molecule has 1 aromatic rings. The third-order valence-electron chi connectivity index (χ3n) is 2.88. The van der Waals surface area contributed by atoms with E-state index >= 15 is 0 Å². The van der Waals surface area contributed by atoms with E-state index in [1.54, 1.807) is 6.07 Å². The van der Waals surface area contributed by atoms with E-state index in [4.69, 9.17) is 4.42 Å². The molecule has 3 unspecified atom stereocenters. The Balaban J connectivity index is 2.09. The van der Waals surface area contributed by atoms with E-state index in [1.165, 1.54) is 13.2 Å². The average Bonchev–Trinajstić information content (AvgIpc) is 2.79. The van der Waals surface area contributed by atoms with Crippen molar-refractivity contribution >= 4 is 5.97 Å². The molecule has 0 radical (unpaired) electrons. The number of ether oxygens (including phenoxy) is 1. The first-order chi connectivity index (χ1) is 7.13. The van der Waals surface area contributed by atoms with Gasteiger partial charge in [0.05, 0.1) is 7.11 Å². The zero-order chi connectivity index (χ0) is 11.0. The number of carbonyl (C=O) groups excluding carboxylic acids is 1. The Morgan fingerprint density at radius 2 is 2.33 bits per heavy atom. The van der Waals surface area contributed by atoms with Crippen LogP contribution in [0.1, 0.15) is 35.8 Å². The number of aliphatic hydroxyl groups excluding tert-OH is 1. The van der Waals surface area contributed by atoms with Gasteiger partial charge in [-0.1, -0.05) is 6.92 Å². The summed E-state index contributed by atoms with van der Waals surface area (Å²) in [5.74, 6) is 0.871. The Morgan fingerprint density at radius 1 is 1.67 bits per heavy atom. The molecule has 1 aliphatic rings. The number of carbonyl (C=O) groups is 1. The molecule has 1 aliphatic carbocycles. The van der Waals surface area contributed by atoms with Crippen LogP contribution in [0.3, 0.4) is 0 Å². The van der Waals surface area contributed by atoms with Crippen molar-refractivity contribution in [2.45, 2.75) is 19.4 Å². The highest BCUT2D eigenvalue weighted by molar-refractivity contribution is 5.86. The van der Waals surface area contributed by atoms with Gasteiger partial charge < -0.3 is 14.3 Å². The largest absolute Gasteiger partial charge is 0.463 e. The summed E-state index contributed by atoms with van der Waals surface area (Å²) in [4.78, 5) is 11.1. The Hall–Kier alpha value is -1.29. The van der Waals surface area contributed by atoms with Gasteiger partial charge in [-0.3, -0.25) is 0 Å². The minimum atomic E-state index is -0.599. The van der Waals surface area contributed by atoms with Gasteiger partial charge in [-0.25, -0.2) is 4.79 Å². The summed E-state index contributed by atoms with van der Waals surface area (Å²) in [5, 5.41) is 9.85. The maximum Gasteiger partial charge on any atom is 0.373 e. The van der Waals surface area contributed by atoms with Crippen LogP contribution in [0.25, 0.3) is 0 Å². The molecule has 0 aromatic carbocycles. The van der Waals surface area contributed by atoms with Crippen LogP contribution in [0, 0.1) is 11.8 Å². The van der Waals surface area contributed by atoms with Crippen molar-refractivity contribution in [3.63, 3.8) is 0 Å². The second-order valence-corrected chi connectivity index (χ2v) is 4.02. The summed E-state index contributed by atoms with van der Waals surface area (Å²) in [6.07, 6.45) is 0.411. The van der Waals surface area contributed by atoms with Crippen LogP contribution < -0.4 is 0 Å². The van der Waals surface area contributed by atoms with Crippen LogP contribution in [0.2, 0.25) is 0 Å². The van der Waals surface area contributed by atoms with Crippen molar-refractivity contribution in [2.24, 2.45) is 11.8 Å². The zero-order valence-electron chi connectivity index (χ0n) is 8.77. The molecule has 0 spiro atoms. The number of hydrogen-bond acceptors (Lipinski definition) is 4. The van der Waals surface area contributed by atoms with Gasteiger partial charge in [0.25, 0.3) is 0 Å². The van der Waals surface area contributed by atoms with Crippen LogP contribution in [-0.4, -0.2) is 18.2 Å².